The predicted octanol–water partition coefficient (Wildman–Crippen LogP) is 2.79. The number of anilines is 1. The number of nitrogens with zero attached hydrogens (tertiary/aromatic N) is 3. The van der Waals surface area contributed by atoms with E-state index in [4.69, 9.17) is 0 Å². The van der Waals surface area contributed by atoms with Crippen LogP contribution in [0.3, 0.4) is 0 Å². The number of rotatable bonds is 2. The number of aryl methyl sites for hydroxylation is 1. The van der Waals surface area contributed by atoms with Gasteiger partial charge in [0.15, 0.2) is 17.5 Å². The molecule has 0 aliphatic heterocycles. The molecule has 0 aromatic carbocycles. The van der Waals surface area contributed by atoms with E-state index in [2.05, 4.69) is 36.2 Å². The van der Waals surface area contributed by atoms with Crippen molar-refractivity contribution in [1.29, 1.82) is 0 Å². The second kappa shape index (κ2) is 4.75. The van der Waals surface area contributed by atoms with E-state index in [0.29, 0.717) is 11.5 Å². The Bertz CT molecular complexity index is 559. The van der Waals surface area contributed by atoms with E-state index in [1.165, 1.54) is 0 Å². The van der Waals surface area contributed by atoms with Gasteiger partial charge in [-0.05, 0) is 35.0 Å². The predicted molar refractivity (Wildman–Crippen MR) is 67.2 cm³/mol. The average Bonchev–Trinajstić information content (AvgIpc) is 2.33. The Morgan fingerprint density at radius 2 is 2.12 bits per heavy atom. The molecule has 0 saturated heterocycles. The first kappa shape index (κ1) is 11.9. The molecule has 4 nitrogen and oxygen atoms in total. The Labute approximate surface area is 106 Å². The lowest BCUT2D eigenvalue weighted by molar-refractivity contribution is 0.607. The first-order chi connectivity index (χ1) is 8.13. The second-order valence-electron chi connectivity index (χ2n) is 3.38. The fraction of sp³-hybridized carbons (Fsp3) is 0.182. The highest BCUT2D eigenvalue weighted by atomic mass is 79.9. The van der Waals surface area contributed by atoms with E-state index < -0.39 is 5.82 Å². The number of hydrogen-bond donors (Lipinski definition) is 1. The third-order valence-electron chi connectivity index (χ3n) is 2.22. The fourth-order valence-electron chi connectivity index (χ4n) is 1.38. The van der Waals surface area contributed by atoms with Crippen LogP contribution in [0.15, 0.2) is 22.8 Å². The molecule has 0 aliphatic rings. The van der Waals surface area contributed by atoms with Gasteiger partial charge < -0.3 is 5.32 Å². The topological polar surface area (TPSA) is 50.7 Å². The van der Waals surface area contributed by atoms with E-state index in [1.807, 2.05) is 6.07 Å². The van der Waals surface area contributed by atoms with Gasteiger partial charge in [0, 0.05) is 17.7 Å². The van der Waals surface area contributed by atoms with Gasteiger partial charge in [0.1, 0.15) is 5.69 Å². The number of nitrogens with one attached hydrogen (secondary N) is 1. The molecule has 88 valence electrons. The second-order valence-corrected chi connectivity index (χ2v) is 4.23. The highest BCUT2D eigenvalue weighted by Gasteiger charge is 2.13. The zero-order valence-electron chi connectivity index (χ0n) is 9.33. The minimum absolute atomic E-state index is 0.171. The van der Waals surface area contributed by atoms with Gasteiger partial charge in [0.05, 0.1) is 5.69 Å². The van der Waals surface area contributed by atoms with Crippen molar-refractivity contribution in [2.45, 2.75) is 6.92 Å². The first-order valence-electron chi connectivity index (χ1n) is 4.96. The molecule has 0 fully saturated rings. The van der Waals surface area contributed by atoms with Crippen LogP contribution in [0, 0.1) is 12.7 Å². The normalized spacial score (nSPS) is 10.4. The molecule has 0 aliphatic carbocycles. The molecule has 0 radical (unpaired) electrons. The van der Waals surface area contributed by atoms with Gasteiger partial charge in [-0.1, -0.05) is 0 Å². The maximum absolute atomic E-state index is 13.6. The van der Waals surface area contributed by atoms with Gasteiger partial charge in [-0.3, -0.25) is 4.98 Å². The van der Waals surface area contributed by atoms with Gasteiger partial charge in [0.2, 0.25) is 0 Å². The van der Waals surface area contributed by atoms with Crippen molar-refractivity contribution in [2.24, 2.45) is 0 Å². The van der Waals surface area contributed by atoms with Crippen LogP contribution < -0.4 is 5.32 Å². The number of hydrogen-bond acceptors (Lipinski definition) is 4. The zero-order chi connectivity index (χ0) is 12.4. The van der Waals surface area contributed by atoms with Crippen LogP contribution in [0.4, 0.5) is 10.2 Å². The van der Waals surface area contributed by atoms with Crippen LogP contribution in [0.5, 0.6) is 0 Å². The van der Waals surface area contributed by atoms with Crippen molar-refractivity contribution in [3.05, 3.63) is 34.3 Å². The molecule has 0 amide bonds. The summed E-state index contributed by atoms with van der Waals surface area (Å²) < 4.78 is 14.4. The maximum atomic E-state index is 13.6. The van der Waals surface area contributed by atoms with E-state index in [-0.39, 0.29) is 11.5 Å². The lowest BCUT2D eigenvalue weighted by Gasteiger charge is -2.07. The Kier molecular flexibility index (Phi) is 3.33. The van der Waals surface area contributed by atoms with Crippen LogP contribution in [0.1, 0.15) is 5.69 Å². The SMILES string of the molecule is CNc1nc(-c2ncccc2Br)nc(C)c1F. The van der Waals surface area contributed by atoms with E-state index in [9.17, 15) is 4.39 Å². The molecule has 2 rings (SSSR count). The summed E-state index contributed by atoms with van der Waals surface area (Å²) >= 11 is 3.37. The van der Waals surface area contributed by atoms with Crippen LogP contribution in [0.25, 0.3) is 11.5 Å². The van der Waals surface area contributed by atoms with E-state index >= 15 is 0 Å². The van der Waals surface area contributed by atoms with Gasteiger partial charge in [-0.25, -0.2) is 14.4 Å². The molecule has 0 saturated carbocycles. The maximum Gasteiger partial charge on any atom is 0.186 e. The molecule has 17 heavy (non-hydrogen) atoms. The summed E-state index contributed by atoms with van der Waals surface area (Å²) in [6.45, 7) is 1.60. The van der Waals surface area contributed by atoms with Gasteiger partial charge in [-0.2, -0.15) is 0 Å². The Hall–Kier alpha value is -1.56. The molecule has 0 bridgehead atoms. The number of halogens is 2. The summed E-state index contributed by atoms with van der Waals surface area (Å²) in [5, 5.41) is 2.70. The smallest absolute Gasteiger partial charge is 0.186 e. The molecule has 0 atom stereocenters. The van der Waals surface area contributed by atoms with E-state index in [0.717, 1.165) is 4.47 Å². The van der Waals surface area contributed by atoms with Gasteiger partial charge >= 0.3 is 0 Å². The Morgan fingerprint density at radius 3 is 2.76 bits per heavy atom. The fourth-order valence-corrected chi connectivity index (χ4v) is 1.81. The van der Waals surface area contributed by atoms with E-state index in [1.54, 1.807) is 26.2 Å². The largest absolute Gasteiger partial charge is 0.371 e. The quantitative estimate of drug-likeness (QED) is 0.926. The number of aromatic nitrogens is 3. The van der Waals surface area contributed by atoms with Crippen LogP contribution in [-0.2, 0) is 0 Å². The molecular formula is C11H10BrFN4. The minimum atomic E-state index is -0.441. The van der Waals surface area contributed by atoms with Crippen LogP contribution in [-0.4, -0.2) is 22.0 Å². The first-order valence-corrected chi connectivity index (χ1v) is 5.75. The lowest BCUT2D eigenvalue weighted by Crippen LogP contribution is -2.04. The molecule has 2 heterocycles. The summed E-state index contributed by atoms with van der Waals surface area (Å²) in [4.78, 5) is 12.4. The standard InChI is InChI=1S/C11H10BrFN4/c1-6-8(13)10(14-2)17-11(16-6)9-7(12)4-3-5-15-9/h3-5H,1-2H3,(H,14,16,17). The summed E-state index contributed by atoms with van der Waals surface area (Å²) in [6.07, 6.45) is 1.64. The van der Waals surface area contributed by atoms with Crippen LogP contribution in [0.2, 0.25) is 0 Å². The third kappa shape index (κ3) is 2.26. The molecule has 6 heteroatoms. The van der Waals surface area contributed by atoms with Crippen molar-refractivity contribution >= 4 is 21.7 Å². The van der Waals surface area contributed by atoms with Crippen molar-refractivity contribution < 1.29 is 4.39 Å². The minimum Gasteiger partial charge on any atom is -0.371 e. The molecule has 1 N–H and O–H groups in total. The van der Waals surface area contributed by atoms with Crippen molar-refractivity contribution in [3.8, 4) is 11.5 Å². The number of pyridine rings is 1. The van der Waals surface area contributed by atoms with Crippen molar-refractivity contribution in [2.75, 3.05) is 12.4 Å². The summed E-state index contributed by atoms with van der Waals surface area (Å²) in [7, 11) is 1.61. The van der Waals surface area contributed by atoms with Gasteiger partial charge in [0.25, 0.3) is 0 Å². The zero-order valence-corrected chi connectivity index (χ0v) is 10.9. The Morgan fingerprint density at radius 1 is 1.35 bits per heavy atom. The summed E-state index contributed by atoms with van der Waals surface area (Å²) in [6, 6.07) is 3.63. The Balaban J connectivity index is 2.61. The molecular weight excluding hydrogens is 287 g/mol. The van der Waals surface area contributed by atoms with Gasteiger partial charge in [-0.15, -0.1) is 0 Å². The molecule has 0 spiro atoms. The summed E-state index contributed by atoms with van der Waals surface area (Å²) in [5.41, 5.74) is 0.879. The highest BCUT2D eigenvalue weighted by molar-refractivity contribution is 9.10. The average molecular weight is 297 g/mol. The lowest BCUT2D eigenvalue weighted by atomic mass is 10.3. The van der Waals surface area contributed by atoms with Crippen molar-refractivity contribution in [1.82, 2.24) is 15.0 Å². The van der Waals surface area contributed by atoms with Crippen LogP contribution >= 0.6 is 15.9 Å². The molecule has 0 unspecified atom stereocenters. The summed E-state index contributed by atoms with van der Waals surface area (Å²) in [5.74, 6) is 0.120. The van der Waals surface area contributed by atoms with Crippen molar-refractivity contribution in [3.63, 3.8) is 0 Å². The highest BCUT2D eigenvalue weighted by Crippen LogP contribution is 2.25. The monoisotopic (exact) mass is 296 g/mol. The third-order valence-corrected chi connectivity index (χ3v) is 2.86. The molecule has 2 aromatic heterocycles. The molecule has 2 aromatic rings.